The highest BCUT2D eigenvalue weighted by atomic mass is 32.1. The van der Waals surface area contributed by atoms with Crippen LogP contribution in [0.4, 0.5) is 5.82 Å². The predicted octanol–water partition coefficient (Wildman–Crippen LogP) is 5.07. The van der Waals surface area contributed by atoms with Crippen molar-refractivity contribution in [1.29, 1.82) is 0 Å². The van der Waals surface area contributed by atoms with Crippen molar-refractivity contribution >= 4 is 29.0 Å². The molecule has 4 aromatic rings. The van der Waals surface area contributed by atoms with E-state index in [1.165, 1.54) is 16.9 Å². The van der Waals surface area contributed by atoms with Crippen LogP contribution >= 0.6 is 11.3 Å². The Morgan fingerprint density at radius 3 is 2.26 bits per heavy atom. The first-order valence-corrected chi connectivity index (χ1v) is 13.7. The fourth-order valence-electron chi connectivity index (χ4n) is 4.64. The van der Waals surface area contributed by atoms with Crippen LogP contribution in [0.5, 0.6) is 0 Å². The van der Waals surface area contributed by atoms with Crippen LogP contribution in [0.1, 0.15) is 33.8 Å². The number of aryl methyl sites for hydroxylation is 1. The fourth-order valence-corrected chi connectivity index (χ4v) is 5.32. The summed E-state index contributed by atoms with van der Waals surface area (Å²) in [6, 6.07) is 25.5. The minimum Gasteiger partial charge on any atom is -0.352 e. The molecule has 0 bridgehead atoms. The molecule has 0 saturated carbocycles. The van der Waals surface area contributed by atoms with Gasteiger partial charge in [-0.25, -0.2) is 0 Å². The first-order chi connectivity index (χ1) is 18.5. The lowest BCUT2D eigenvalue weighted by atomic mass is 10.1. The van der Waals surface area contributed by atoms with E-state index in [4.69, 9.17) is 0 Å². The van der Waals surface area contributed by atoms with E-state index < -0.39 is 0 Å². The molecule has 7 nitrogen and oxygen atoms in total. The molecular formula is C30H31N5O2S. The average Bonchev–Trinajstić information content (AvgIpc) is 3.51. The molecular weight excluding hydrogens is 494 g/mol. The molecule has 1 saturated heterocycles. The van der Waals surface area contributed by atoms with Gasteiger partial charge in [-0.05, 0) is 43.0 Å². The van der Waals surface area contributed by atoms with Crippen LogP contribution < -0.4 is 4.90 Å². The van der Waals surface area contributed by atoms with Gasteiger partial charge < -0.3 is 14.7 Å². The Balaban J connectivity index is 1.22. The number of nitrogens with zero attached hydrogens (tertiary/aromatic N) is 5. The van der Waals surface area contributed by atoms with Crippen molar-refractivity contribution in [1.82, 2.24) is 20.0 Å². The van der Waals surface area contributed by atoms with Gasteiger partial charge in [0.05, 0.1) is 16.6 Å². The second-order valence-electron chi connectivity index (χ2n) is 9.51. The molecule has 8 heteroatoms. The SMILES string of the molecule is Cc1ccc(-c2ccc(N3CCN(C(=O)CN(C(=O)c4cccs4)[C@H](C)c4ccccc4)CC3)nn2)cc1. The second-order valence-corrected chi connectivity index (χ2v) is 10.5. The molecule has 5 rings (SSSR count). The number of carbonyl (C=O) groups is 2. The zero-order valence-corrected chi connectivity index (χ0v) is 22.5. The van der Waals surface area contributed by atoms with Crippen molar-refractivity contribution in [2.45, 2.75) is 19.9 Å². The largest absolute Gasteiger partial charge is 0.352 e. The van der Waals surface area contributed by atoms with Gasteiger partial charge in [-0.15, -0.1) is 21.5 Å². The molecule has 2 aromatic heterocycles. The van der Waals surface area contributed by atoms with Gasteiger partial charge in [0, 0.05) is 31.7 Å². The standard InChI is InChI=1S/C30H31N5O2S/c1-22-10-12-25(13-11-22)26-14-15-28(32-31-26)33-16-18-34(19-17-33)29(36)21-35(30(37)27-9-6-20-38-27)23(2)24-7-4-3-5-8-24/h3-15,20,23H,16-19,21H2,1-2H3/t23-/m1/s1. The van der Waals surface area contributed by atoms with Gasteiger partial charge in [0.25, 0.3) is 5.91 Å². The van der Waals surface area contributed by atoms with Crippen molar-refractivity contribution in [3.63, 3.8) is 0 Å². The maximum absolute atomic E-state index is 13.4. The summed E-state index contributed by atoms with van der Waals surface area (Å²) in [6.07, 6.45) is 0. The first kappa shape index (κ1) is 25.6. The number of piperazine rings is 1. The maximum Gasteiger partial charge on any atom is 0.264 e. The fraction of sp³-hybridized carbons (Fsp3) is 0.267. The van der Waals surface area contributed by atoms with E-state index in [1.807, 2.05) is 71.8 Å². The van der Waals surface area contributed by atoms with E-state index in [9.17, 15) is 9.59 Å². The molecule has 1 atom stereocenters. The summed E-state index contributed by atoms with van der Waals surface area (Å²) < 4.78 is 0. The number of rotatable bonds is 7. The minimum absolute atomic E-state index is 0.0395. The second kappa shape index (κ2) is 11.6. The molecule has 3 heterocycles. The summed E-state index contributed by atoms with van der Waals surface area (Å²) >= 11 is 1.40. The number of aromatic nitrogens is 2. The molecule has 0 unspecified atom stereocenters. The van der Waals surface area contributed by atoms with Crippen LogP contribution in [0.15, 0.2) is 84.2 Å². The minimum atomic E-state index is -0.224. The highest BCUT2D eigenvalue weighted by molar-refractivity contribution is 7.12. The summed E-state index contributed by atoms with van der Waals surface area (Å²) in [6.45, 7) is 6.55. The molecule has 1 aliphatic rings. The Hall–Kier alpha value is -4.04. The van der Waals surface area contributed by atoms with Crippen LogP contribution in [0.25, 0.3) is 11.3 Å². The van der Waals surface area contributed by atoms with Gasteiger partial charge >= 0.3 is 0 Å². The van der Waals surface area contributed by atoms with Crippen molar-refractivity contribution in [3.05, 3.63) is 100 Å². The number of amides is 2. The van der Waals surface area contributed by atoms with Crippen molar-refractivity contribution in [2.24, 2.45) is 0 Å². The van der Waals surface area contributed by atoms with Crippen molar-refractivity contribution in [3.8, 4) is 11.3 Å². The topological polar surface area (TPSA) is 69.6 Å². The lowest BCUT2D eigenvalue weighted by Gasteiger charge is -2.37. The zero-order chi connectivity index (χ0) is 26.5. The average molecular weight is 526 g/mol. The third-order valence-electron chi connectivity index (χ3n) is 7.00. The van der Waals surface area contributed by atoms with Crippen LogP contribution in [-0.4, -0.2) is 64.5 Å². The molecule has 1 aliphatic heterocycles. The van der Waals surface area contributed by atoms with E-state index in [2.05, 4.69) is 46.3 Å². The Labute approximate surface area is 227 Å². The molecule has 194 valence electrons. The van der Waals surface area contributed by atoms with Gasteiger partial charge in [0.2, 0.25) is 5.91 Å². The molecule has 2 aromatic carbocycles. The Morgan fingerprint density at radius 1 is 0.895 bits per heavy atom. The number of hydrogen-bond donors (Lipinski definition) is 0. The summed E-state index contributed by atoms with van der Waals surface area (Å²) in [5.74, 6) is 0.644. The summed E-state index contributed by atoms with van der Waals surface area (Å²) in [5.41, 5.74) is 4.09. The molecule has 38 heavy (non-hydrogen) atoms. The van der Waals surface area contributed by atoms with Gasteiger partial charge in [-0.3, -0.25) is 9.59 Å². The quantitative estimate of drug-likeness (QED) is 0.337. The lowest BCUT2D eigenvalue weighted by Crippen LogP contribution is -2.52. The monoisotopic (exact) mass is 525 g/mol. The van der Waals surface area contributed by atoms with E-state index in [1.54, 1.807) is 4.90 Å². The third kappa shape index (κ3) is 5.75. The van der Waals surface area contributed by atoms with Crippen LogP contribution in [0.3, 0.4) is 0 Å². The lowest BCUT2D eigenvalue weighted by molar-refractivity contribution is -0.132. The van der Waals surface area contributed by atoms with Crippen LogP contribution in [-0.2, 0) is 4.79 Å². The highest BCUT2D eigenvalue weighted by Gasteiger charge is 2.29. The number of benzene rings is 2. The Kier molecular flexibility index (Phi) is 7.79. The number of thiophene rings is 1. The zero-order valence-electron chi connectivity index (χ0n) is 21.7. The molecule has 1 fully saturated rings. The van der Waals surface area contributed by atoms with Crippen molar-refractivity contribution in [2.75, 3.05) is 37.6 Å². The molecule has 0 spiro atoms. The van der Waals surface area contributed by atoms with Gasteiger partial charge in [-0.1, -0.05) is 66.2 Å². The predicted molar refractivity (Wildman–Crippen MR) is 151 cm³/mol. The van der Waals surface area contributed by atoms with E-state index in [-0.39, 0.29) is 24.4 Å². The maximum atomic E-state index is 13.4. The highest BCUT2D eigenvalue weighted by Crippen LogP contribution is 2.25. The normalized spacial score (nSPS) is 14.3. The van der Waals surface area contributed by atoms with Gasteiger partial charge in [-0.2, -0.15) is 0 Å². The number of hydrogen-bond acceptors (Lipinski definition) is 6. The van der Waals surface area contributed by atoms with E-state index in [0.717, 1.165) is 22.6 Å². The smallest absolute Gasteiger partial charge is 0.264 e. The molecule has 2 amide bonds. The number of carbonyl (C=O) groups excluding carboxylic acids is 2. The summed E-state index contributed by atoms with van der Waals surface area (Å²) in [5, 5.41) is 10.8. The van der Waals surface area contributed by atoms with E-state index >= 15 is 0 Å². The molecule has 0 aliphatic carbocycles. The Morgan fingerprint density at radius 2 is 1.63 bits per heavy atom. The Bertz CT molecular complexity index is 1350. The van der Waals surface area contributed by atoms with Gasteiger partial charge in [0.15, 0.2) is 5.82 Å². The van der Waals surface area contributed by atoms with Gasteiger partial charge in [0.1, 0.15) is 6.54 Å². The summed E-state index contributed by atoms with van der Waals surface area (Å²) in [7, 11) is 0. The molecule has 0 radical (unpaired) electrons. The van der Waals surface area contributed by atoms with Crippen LogP contribution in [0, 0.1) is 6.92 Å². The summed E-state index contributed by atoms with van der Waals surface area (Å²) in [4.78, 5) is 33.1. The van der Waals surface area contributed by atoms with E-state index in [0.29, 0.717) is 31.1 Å². The number of anilines is 1. The van der Waals surface area contributed by atoms with Crippen molar-refractivity contribution < 1.29 is 9.59 Å². The molecule has 0 N–H and O–H groups in total. The van der Waals surface area contributed by atoms with Crippen LogP contribution in [0.2, 0.25) is 0 Å². The first-order valence-electron chi connectivity index (χ1n) is 12.8. The third-order valence-corrected chi connectivity index (χ3v) is 7.86.